The summed E-state index contributed by atoms with van der Waals surface area (Å²) in [6.45, 7) is 6.66. The second kappa shape index (κ2) is 4.19. The molecule has 2 atom stereocenters. The third kappa shape index (κ3) is 2.71. The van der Waals surface area contributed by atoms with E-state index in [9.17, 15) is 0 Å². The molecule has 2 aliphatic rings. The maximum atomic E-state index is 5.48. The lowest BCUT2D eigenvalue weighted by Crippen LogP contribution is -2.42. The van der Waals surface area contributed by atoms with Gasteiger partial charge in [-0.3, -0.25) is 0 Å². The summed E-state index contributed by atoms with van der Waals surface area (Å²) < 4.78 is 5.48. The number of hydrogen-bond acceptors (Lipinski definition) is 2. The van der Waals surface area contributed by atoms with Crippen molar-refractivity contribution in [2.75, 3.05) is 13.2 Å². The van der Waals surface area contributed by atoms with Crippen LogP contribution in [0.2, 0.25) is 0 Å². The van der Waals surface area contributed by atoms with Crippen LogP contribution in [0.4, 0.5) is 0 Å². The Morgan fingerprint density at radius 3 is 2.64 bits per heavy atom. The highest BCUT2D eigenvalue weighted by molar-refractivity contribution is 4.88. The minimum Gasteiger partial charge on any atom is -0.380 e. The molecule has 2 nitrogen and oxygen atoms in total. The molecule has 0 aromatic heterocycles. The molecule has 2 unspecified atom stereocenters. The number of nitrogens with one attached hydrogen (secondary N) is 1. The van der Waals surface area contributed by atoms with E-state index in [0.717, 1.165) is 19.3 Å². The van der Waals surface area contributed by atoms with Crippen LogP contribution in [0.1, 0.15) is 46.0 Å². The Morgan fingerprint density at radius 2 is 2.07 bits per heavy atom. The lowest BCUT2D eigenvalue weighted by atomic mass is 9.91. The summed E-state index contributed by atoms with van der Waals surface area (Å²) in [5, 5.41) is 3.75. The predicted octanol–water partition coefficient (Wildman–Crippen LogP) is 2.33. The number of ether oxygens (including phenoxy) is 1. The Morgan fingerprint density at radius 1 is 1.21 bits per heavy atom. The molecule has 1 saturated heterocycles. The molecule has 1 N–H and O–H groups in total. The van der Waals surface area contributed by atoms with Gasteiger partial charge in [-0.25, -0.2) is 0 Å². The molecule has 1 aliphatic heterocycles. The summed E-state index contributed by atoms with van der Waals surface area (Å²) in [5.74, 6) is 0. The topological polar surface area (TPSA) is 21.3 Å². The minimum atomic E-state index is 0.563. The molecule has 0 bridgehead atoms. The standard InChI is InChI=1S/C12H23NO/c1-12(2)6-5-10(8-12)13-11-4-3-7-14-9-11/h10-11,13H,3-9H2,1-2H3. The molecule has 1 aliphatic carbocycles. The van der Waals surface area contributed by atoms with Crippen LogP contribution in [0.15, 0.2) is 0 Å². The number of hydrogen-bond donors (Lipinski definition) is 1. The fourth-order valence-electron chi connectivity index (χ4n) is 2.78. The summed E-state index contributed by atoms with van der Waals surface area (Å²) in [6.07, 6.45) is 6.59. The van der Waals surface area contributed by atoms with Crippen molar-refractivity contribution in [1.82, 2.24) is 5.32 Å². The van der Waals surface area contributed by atoms with Crippen LogP contribution in [0.25, 0.3) is 0 Å². The zero-order valence-electron chi connectivity index (χ0n) is 9.51. The molecule has 0 amide bonds. The monoisotopic (exact) mass is 197 g/mol. The van der Waals surface area contributed by atoms with Crippen molar-refractivity contribution in [2.45, 2.75) is 58.0 Å². The molecule has 0 radical (unpaired) electrons. The van der Waals surface area contributed by atoms with Gasteiger partial charge in [0, 0.05) is 18.7 Å². The van der Waals surface area contributed by atoms with Crippen molar-refractivity contribution in [3.8, 4) is 0 Å². The zero-order valence-corrected chi connectivity index (χ0v) is 9.51. The van der Waals surface area contributed by atoms with Gasteiger partial charge in [-0.05, 0) is 37.5 Å². The van der Waals surface area contributed by atoms with E-state index in [1.165, 1.54) is 32.1 Å². The summed E-state index contributed by atoms with van der Waals surface area (Å²) in [5.41, 5.74) is 0.563. The first kappa shape index (κ1) is 10.4. The van der Waals surface area contributed by atoms with Gasteiger partial charge in [0.15, 0.2) is 0 Å². The molecule has 2 fully saturated rings. The summed E-state index contributed by atoms with van der Waals surface area (Å²) >= 11 is 0. The van der Waals surface area contributed by atoms with Crippen molar-refractivity contribution in [3.63, 3.8) is 0 Å². The molecule has 0 aromatic carbocycles. The normalized spacial score (nSPS) is 37.3. The fraction of sp³-hybridized carbons (Fsp3) is 1.00. The first-order valence-corrected chi connectivity index (χ1v) is 5.99. The van der Waals surface area contributed by atoms with Crippen LogP contribution in [0.5, 0.6) is 0 Å². The Kier molecular flexibility index (Phi) is 3.13. The lowest BCUT2D eigenvalue weighted by Gasteiger charge is -2.27. The van der Waals surface area contributed by atoms with Crippen LogP contribution in [-0.4, -0.2) is 25.3 Å². The zero-order chi connectivity index (χ0) is 10.0. The lowest BCUT2D eigenvalue weighted by molar-refractivity contribution is 0.0661. The highest BCUT2D eigenvalue weighted by Gasteiger charge is 2.32. The molecule has 1 saturated carbocycles. The van der Waals surface area contributed by atoms with E-state index in [4.69, 9.17) is 4.74 Å². The van der Waals surface area contributed by atoms with Crippen molar-refractivity contribution in [1.29, 1.82) is 0 Å². The Bertz CT molecular complexity index is 185. The molecule has 82 valence electrons. The molecule has 0 spiro atoms. The van der Waals surface area contributed by atoms with Crippen LogP contribution >= 0.6 is 0 Å². The smallest absolute Gasteiger partial charge is 0.0619 e. The van der Waals surface area contributed by atoms with E-state index in [1.54, 1.807) is 0 Å². The van der Waals surface area contributed by atoms with E-state index in [2.05, 4.69) is 19.2 Å². The van der Waals surface area contributed by atoms with Crippen molar-refractivity contribution in [3.05, 3.63) is 0 Å². The second-order valence-corrected chi connectivity index (χ2v) is 5.68. The third-order valence-electron chi connectivity index (χ3n) is 3.60. The third-order valence-corrected chi connectivity index (χ3v) is 3.60. The van der Waals surface area contributed by atoms with Crippen LogP contribution in [0, 0.1) is 5.41 Å². The van der Waals surface area contributed by atoms with Gasteiger partial charge >= 0.3 is 0 Å². The van der Waals surface area contributed by atoms with E-state index >= 15 is 0 Å². The largest absolute Gasteiger partial charge is 0.380 e. The Labute approximate surface area is 87.4 Å². The summed E-state index contributed by atoms with van der Waals surface area (Å²) in [7, 11) is 0. The Balaban J connectivity index is 1.75. The quantitative estimate of drug-likeness (QED) is 0.733. The predicted molar refractivity (Wildman–Crippen MR) is 58.4 cm³/mol. The van der Waals surface area contributed by atoms with Gasteiger partial charge < -0.3 is 10.1 Å². The SMILES string of the molecule is CC1(C)CCC(NC2CCCOC2)C1. The second-order valence-electron chi connectivity index (χ2n) is 5.68. The first-order chi connectivity index (χ1) is 6.66. The van der Waals surface area contributed by atoms with Crippen LogP contribution in [0.3, 0.4) is 0 Å². The molecule has 2 rings (SSSR count). The average molecular weight is 197 g/mol. The van der Waals surface area contributed by atoms with E-state index in [-0.39, 0.29) is 0 Å². The fourth-order valence-corrected chi connectivity index (χ4v) is 2.78. The van der Waals surface area contributed by atoms with Gasteiger partial charge in [-0.15, -0.1) is 0 Å². The summed E-state index contributed by atoms with van der Waals surface area (Å²) in [6, 6.07) is 1.37. The van der Waals surface area contributed by atoms with Crippen molar-refractivity contribution < 1.29 is 4.74 Å². The van der Waals surface area contributed by atoms with Crippen molar-refractivity contribution in [2.24, 2.45) is 5.41 Å². The molecule has 14 heavy (non-hydrogen) atoms. The van der Waals surface area contributed by atoms with E-state index in [1.807, 2.05) is 0 Å². The first-order valence-electron chi connectivity index (χ1n) is 5.99. The number of rotatable bonds is 2. The van der Waals surface area contributed by atoms with E-state index < -0.39 is 0 Å². The van der Waals surface area contributed by atoms with Gasteiger partial charge in [-0.2, -0.15) is 0 Å². The molecular formula is C12H23NO. The average Bonchev–Trinajstić information content (AvgIpc) is 2.47. The minimum absolute atomic E-state index is 0.563. The van der Waals surface area contributed by atoms with Crippen LogP contribution < -0.4 is 5.32 Å². The molecule has 0 aromatic rings. The van der Waals surface area contributed by atoms with Gasteiger partial charge in [0.2, 0.25) is 0 Å². The van der Waals surface area contributed by atoms with Gasteiger partial charge in [0.25, 0.3) is 0 Å². The van der Waals surface area contributed by atoms with Crippen molar-refractivity contribution >= 4 is 0 Å². The maximum Gasteiger partial charge on any atom is 0.0619 e. The summed E-state index contributed by atoms with van der Waals surface area (Å²) in [4.78, 5) is 0. The molecule has 2 heteroatoms. The Hall–Kier alpha value is -0.0800. The molecular weight excluding hydrogens is 174 g/mol. The highest BCUT2D eigenvalue weighted by Crippen LogP contribution is 2.37. The van der Waals surface area contributed by atoms with Gasteiger partial charge in [0.1, 0.15) is 0 Å². The molecule has 1 heterocycles. The van der Waals surface area contributed by atoms with E-state index in [0.29, 0.717) is 11.5 Å². The van der Waals surface area contributed by atoms with Gasteiger partial charge in [0.05, 0.1) is 6.61 Å². The maximum absolute atomic E-state index is 5.48. The highest BCUT2D eigenvalue weighted by atomic mass is 16.5. The van der Waals surface area contributed by atoms with Gasteiger partial charge in [-0.1, -0.05) is 13.8 Å². The van der Waals surface area contributed by atoms with Crippen LogP contribution in [-0.2, 0) is 4.74 Å².